The molecule has 0 spiro atoms. The van der Waals surface area contributed by atoms with Crippen LogP contribution in [0.3, 0.4) is 0 Å². The van der Waals surface area contributed by atoms with Gasteiger partial charge in [0.15, 0.2) is 5.78 Å². The molecular formula is C21H22N4O2. The van der Waals surface area contributed by atoms with Crippen LogP contribution < -0.4 is 10.6 Å². The molecule has 1 amide bonds. The molecule has 0 saturated carbocycles. The minimum Gasteiger partial charge on any atom is -0.367 e. The lowest BCUT2D eigenvalue weighted by Gasteiger charge is -2.08. The van der Waals surface area contributed by atoms with Gasteiger partial charge in [-0.05, 0) is 48.6 Å². The highest BCUT2D eigenvalue weighted by Crippen LogP contribution is 2.23. The van der Waals surface area contributed by atoms with Gasteiger partial charge in [0.2, 0.25) is 5.91 Å². The van der Waals surface area contributed by atoms with E-state index in [-0.39, 0.29) is 24.5 Å². The molecular weight excluding hydrogens is 340 g/mol. The topological polar surface area (TPSA) is 94.9 Å². The first kappa shape index (κ1) is 18.6. The van der Waals surface area contributed by atoms with Gasteiger partial charge in [-0.3, -0.25) is 9.59 Å². The van der Waals surface area contributed by atoms with Gasteiger partial charge in [0.05, 0.1) is 5.56 Å². The van der Waals surface area contributed by atoms with E-state index in [4.69, 9.17) is 5.26 Å². The maximum absolute atomic E-state index is 12.3. The number of anilines is 1. The highest BCUT2D eigenvalue weighted by atomic mass is 16.2. The zero-order valence-electron chi connectivity index (χ0n) is 15.1. The number of hydrogen-bond donors (Lipinski definition) is 2. The Kier molecular flexibility index (Phi) is 6.16. The fourth-order valence-electron chi connectivity index (χ4n) is 3.22. The van der Waals surface area contributed by atoms with Gasteiger partial charge in [0, 0.05) is 37.7 Å². The van der Waals surface area contributed by atoms with Crippen molar-refractivity contribution in [1.29, 1.82) is 5.26 Å². The van der Waals surface area contributed by atoms with E-state index in [9.17, 15) is 9.59 Å². The van der Waals surface area contributed by atoms with Crippen LogP contribution in [-0.2, 0) is 17.6 Å². The number of hydrogen-bond acceptors (Lipinski definition) is 5. The van der Waals surface area contributed by atoms with Crippen molar-refractivity contribution in [1.82, 2.24) is 10.3 Å². The van der Waals surface area contributed by atoms with Gasteiger partial charge in [-0.15, -0.1) is 0 Å². The number of rotatable bonds is 8. The number of nitriles is 1. The number of pyridine rings is 1. The van der Waals surface area contributed by atoms with Crippen molar-refractivity contribution >= 4 is 17.5 Å². The monoisotopic (exact) mass is 362 g/mol. The van der Waals surface area contributed by atoms with Crippen LogP contribution in [0.15, 0.2) is 36.5 Å². The van der Waals surface area contributed by atoms with E-state index in [0.717, 1.165) is 19.3 Å². The maximum atomic E-state index is 12.3. The van der Waals surface area contributed by atoms with Crippen molar-refractivity contribution in [2.75, 3.05) is 18.4 Å². The van der Waals surface area contributed by atoms with Gasteiger partial charge in [0.25, 0.3) is 0 Å². The summed E-state index contributed by atoms with van der Waals surface area (Å²) in [4.78, 5) is 28.3. The Hall–Kier alpha value is -3.20. The third-order valence-corrected chi connectivity index (χ3v) is 4.67. The Morgan fingerprint density at radius 1 is 1.11 bits per heavy atom. The molecule has 138 valence electrons. The number of nitrogens with zero attached hydrogens (tertiary/aromatic N) is 2. The summed E-state index contributed by atoms with van der Waals surface area (Å²) in [6, 6.07) is 11.3. The first-order valence-electron chi connectivity index (χ1n) is 9.18. The quantitative estimate of drug-likeness (QED) is 0.556. The summed E-state index contributed by atoms with van der Waals surface area (Å²) in [5.41, 5.74) is 3.76. The van der Waals surface area contributed by atoms with Gasteiger partial charge in [-0.25, -0.2) is 4.98 Å². The van der Waals surface area contributed by atoms with Crippen molar-refractivity contribution in [3.63, 3.8) is 0 Å². The summed E-state index contributed by atoms with van der Waals surface area (Å²) in [6.45, 7) is 0.851. The first-order valence-corrected chi connectivity index (χ1v) is 9.18. The number of Topliss-reactive ketones (excluding diaryl/α,β-unsaturated/α-hetero) is 1. The van der Waals surface area contributed by atoms with Crippen LogP contribution in [-0.4, -0.2) is 29.8 Å². The number of carbonyl (C=O) groups excluding carboxylic acids is 2. The molecule has 27 heavy (non-hydrogen) atoms. The molecule has 0 saturated heterocycles. The lowest BCUT2D eigenvalue weighted by atomic mass is 10.0. The zero-order chi connectivity index (χ0) is 19.1. The van der Waals surface area contributed by atoms with Crippen molar-refractivity contribution in [3.05, 3.63) is 58.8 Å². The summed E-state index contributed by atoms with van der Waals surface area (Å²) in [5.74, 6) is 0.346. The normalized spacial score (nSPS) is 12.1. The highest BCUT2D eigenvalue weighted by molar-refractivity contribution is 5.98. The molecule has 2 N–H and O–H groups in total. The SMILES string of the molecule is N#Cc1cccnc1NCCNC(=O)CCC(=O)c1ccc2c(c1)CCC2. The molecule has 1 aromatic carbocycles. The molecule has 0 atom stereocenters. The number of aromatic nitrogens is 1. The zero-order valence-corrected chi connectivity index (χ0v) is 15.1. The van der Waals surface area contributed by atoms with E-state index >= 15 is 0 Å². The molecule has 0 aliphatic heterocycles. The van der Waals surface area contributed by atoms with Crippen LogP contribution in [0, 0.1) is 11.3 Å². The Morgan fingerprint density at radius 3 is 2.81 bits per heavy atom. The molecule has 0 fully saturated rings. The van der Waals surface area contributed by atoms with Gasteiger partial charge in [0.1, 0.15) is 11.9 Å². The molecule has 0 unspecified atom stereocenters. The van der Waals surface area contributed by atoms with Gasteiger partial charge in [-0.1, -0.05) is 12.1 Å². The largest absolute Gasteiger partial charge is 0.367 e. The van der Waals surface area contributed by atoms with Gasteiger partial charge >= 0.3 is 0 Å². The number of carbonyl (C=O) groups is 2. The molecule has 0 bridgehead atoms. The minimum absolute atomic E-state index is 0.00474. The van der Waals surface area contributed by atoms with Crippen molar-refractivity contribution in [2.45, 2.75) is 32.1 Å². The molecule has 2 aromatic rings. The molecule has 0 radical (unpaired) electrons. The van der Waals surface area contributed by atoms with Gasteiger partial charge < -0.3 is 10.6 Å². The summed E-state index contributed by atoms with van der Waals surface area (Å²) >= 11 is 0. The van der Waals surface area contributed by atoms with Crippen molar-refractivity contribution in [2.24, 2.45) is 0 Å². The Labute approximate surface area is 158 Å². The van der Waals surface area contributed by atoms with Crippen LogP contribution in [0.5, 0.6) is 0 Å². The molecule has 1 aliphatic rings. The summed E-state index contributed by atoms with van der Waals surface area (Å²) in [7, 11) is 0. The third-order valence-electron chi connectivity index (χ3n) is 4.67. The van der Waals surface area contributed by atoms with Crippen molar-refractivity contribution in [3.8, 4) is 6.07 Å². The van der Waals surface area contributed by atoms with E-state index in [1.165, 1.54) is 11.1 Å². The second kappa shape index (κ2) is 8.95. The number of amides is 1. The summed E-state index contributed by atoms with van der Waals surface area (Å²) < 4.78 is 0. The van der Waals surface area contributed by atoms with Crippen LogP contribution in [0.4, 0.5) is 5.82 Å². The number of benzene rings is 1. The predicted octanol–water partition coefficient (Wildman–Crippen LogP) is 2.63. The first-order chi connectivity index (χ1) is 13.2. The van der Waals surface area contributed by atoms with E-state index in [1.807, 2.05) is 18.2 Å². The van der Waals surface area contributed by atoms with E-state index in [2.05, 4.69) is 21.7 Å². The third kappa shape index (κ3) is 4.91. The molecule has 6 nitrogen and oxygen atoms in total. The Balaban J connectivity index is 1.38. The number of ketones is 1. The van der Waals surface area contributed by atoms with Gasteiger partial charge in [-0.2, -0.15) is 5.26 Å². The fourth-order valence-corrected chi connectivity index (χ4v) is 3.22. The Morgan fingerprint density at radius 2 is 1.96 bits per heavy atom. The van der Waals surface area contributed by atoms with Crippen LogP contribution >= 0.6 is 0 Å². The molecule has 1 aliphatic carbocycles. The smallest absolute Gasteiger partial charge is 0.220 e. The molecule has 6 heteroatoms. The van der Waals surface area contributed by atoms with E-state index in [0.29, 0.717) is 30.0 Å². The lowest BCUT2D eigenvalue weighted by Crippen LogP contribution is -2.29. The van der Waals surface area contributed by atoms with E-state index < -0.39 is 0 Å². The lowest BCUT2D eigenvalue weighted by molar-refractivity contribution is -0.120. The standard InChI is InChI=1S/C21H22N4O2/c22-14-18-5-2-10-24-21(18)25-12-11-23-20(27)9-8-19(26)17-7-6-15-3-1-4-16(15)13-17/h2,5-7,10,13H,1,3-4,8-9,11-12H2,(H,23,27)(H,24,25). The minimum atomic E-state index is -0.159. The molecule has 1 heterocycles. The number of fused-ring (bicyclic) bond motifs is 1. The summed E-state index contributed by atoms with van der Waals surface area (Å²) in [5, 5.41) is 14.8. The predicted molar refractivity (Wildman–Crippen MR) is 102 cm³/mol. The summed E-state index contributed by atoms with van der Waals surface area (Å²) in [6.07, 6.45) is 5.26. The highest BCUT2D eigenvalue weighted by Gasteiger charge is 2.14. The van der Waals surface area contributed by atoms with Crippen LogP contribution in [0.1, 0.15) is 46.3 Å². The van der Waals surface area contributed by atoms with Crippen LogP contribution in [0.2, 0.25) is 0 Å². The van der Waals surface area contributed by atoms with E-state index in [1.54, 1.807) is 18.3 Å². The average Bonchev–Trinajstić information content (AvgIpc) is 3.17. The number of aryl methyl sites for hydroxylation is 2. The Bertz CT molecular complexity index is 886. The second-order valence-corrected chi connectivity index (χ2v) is 6.55. The fraction of sp³-hybridized carbons (Fsp3) is 0.333. The van der Waals surface area contributed by atoms with Crippen molar-refractivity contribution < 1.29 is 9.59 Å². The molecule has 1 aromatic heterocycles. The second-order valence-electron chi connectivity index (χ2n) is 6.55. The number of nitrogens with one attached hydrogen (secondary N) is 2. The molecule has 3 rings (SSSR count). The average molecular weight is 362 g/mol. The van der Waals surface area contributed by atoms with Crippen LogP contribution in [0.25, 0.3) is 0 Å². The maximum Gasteiger partial charge on any atom is 0.220 e.